The number of aromatic nitrogens is 3. The van der Waals surface area contributed by atoms with E-state index in [1.54, 1.807) is 6.07 Å². The molecular formula is C24H24N6OS. The number of hydrogen-bond donors (Lipinski definition) is 2. The predicted molar refractivity (Wildman–Crippen MR) is 128 cm³/mol. The predicted octanol–water partition coefficient (Wildman–Crippen LogP) is 3.84. The number of hydrogen-bond acceptors (Lipinski definition) is 7. The molecule has 32 heavy (non-hydrogen) atoms. The summed E-state index contributed by atoms with van der Waals surface area (Å²) in [6.07, 6.45) is 2.00. The van der Waals surface area contributed by atoms with Crippen molar-refractivity contribution in [2.75, 3.05) is 18.9 Å². The zero-order chi connectivity index (χ0) is 22.1. The van der Waals surface area contributed by atoms with Crippen molar-refractivity contribution in [3.8, 4) is 10.7 Å². The Hall–Kier alpha value is -3.36. The monoisotopic (exact) mass is 444 g/mol. The summed E-state index contributed by atoms with van der Waals surface area (Å²) in [5.74, 6) is 1.02. The number of anilines is 1. The molecule has 0 unspecified atom stereocenters. The van der Waals surface area contributed by atoms with Gasteiger partial charge in [0.05, 0.1) is 16.8 Å². The maximum atomic E-state index is 11.8. The molecule has 0 spiro atoms. The molecule has 0 atom stereocenters. The van der Waals surface area contributed by atoms with Gasteiger partial charge in [-0.3, -0.25) is 4.79 Å². The van der Waals surface area contributed by atoms with E-state index >= 15 is 0 Å². The molecule has 4 aromatic rings. The van der Waals surface area contributed by atoms with Crippen molar-refractivity contribution >= 4 is 34.2 Å². The molecule has 7 nitrogen and oxygen atoms in total. The smallest absolute Gasteiger partial charge is 0.250 e. The van der Waals surface area contributed by atoms with E-state index in [-0.39, 0.29) is 0 Å². The number of rotatable bonds is 5. The largest absolute Gasteiger partial charge is 0.366 e. The molecule has 3 heterocycles. The number of amides is 1. The van der Waals surface area contributed by atoms with Crippen LogP contribution in [0.3, 0.4) is 0 Å². The molecule has 3 N–H and O–H groups in total. The lowest BCUT2D eigenvalue weighted by atomic mass is 10.1. The van der Waals surface area contributed by atoms with Crippen molar-refractivity contribution < 1.29 is 4.79 Å². The van der Waals surface area contributed by atoms with E-state index < -0.39 is 5.91 Å². The minimum atomic E-state index is -0.484. The highest BCUT2D eigenvalue weighted by Gasteiger charge is 2.22. The molecule has 0 fully saturated rings. The number of primary amides is 1. The minimum Gasteiger partial charge on any atom is -0.366 e. The van der Waals surface area contributed by atoms with Crippen molar-refractivity contribution in [3.63, 3.8) is 0 Å². The average molecular weight is 445 g/mol. The summed E-state index contributed by atoms with van der Waals surface area (Å²) in [6.45, 7) is 2.48. The number of nitrogens with one attached hydrogen (secondary N) is 1. The van der Waals surface area contributed by atoms with E-state index in [1.165, 1.54) is 22.7 Å². The second-order valence-corrected chi connectivity index (χ2v) is 8.85. The van der Waals surface area contributed by atoms with Crippen LogP contribution < -0.4 is 11.1 Å². The van der Waals surface area contributed by atoms with Crippen LogP contribution in [0.2, 0.25) is 0 Å². The first-order valence-electron chi connectivity index (χ1n) is 10.6. The Labute approximate surface area is 190 Å². The van der Waals surface area contributed by atoms with Gasteiger partial charge in [0.15, 0.2) is 5.82 Å². The zero-order valence-corrected chi connectivity index (χ0v) is 18.7. The molecule has 1 aliphatic heterocycles. The van der Waals surface area contributed by atoms with E-state index in [9.17, 15) is 4.79 Å². The van der Waals surface area contributed by atoms with Crippen LogP contribution in [0, 0.1) is 0 Å². The first-order valence-corrected chi connectivity index (χ1v) is 11.4. The van der Waals surface area contributed by atoms with Gasteiger partial charge in [0.2, 0.25) is 0 Å². The number of nitrogens with zero attached hydrogens (tertiary/aromatic N) is 4. The van der Waals surface area contributed by atoms with Gasteiger partial charge in [-0.15, -0.1) is 0 Å². The standard InChI is InChI=1S/C24H24N6OS/c1-30-12-6-11-16-19(14-30)27-24(28-23(16)26-13-15-7-3-2-4-8-15)21-17-9-5-10-18(22(25)31)20(17)29-32-21/h2-5,7-10H,6,11-14H2,1H3,(H2,25,31)(H,26,27,28). The van der Waals surface area contributed by atoms with Crippen LogP contribution in [0.25, 0.3) is 21.6 Å². The number of nitrogens with two attached hydrogens (primary N) is 1. The molecule has 1 aliphatic rings. The highest BCUT2D eigenvalue weighted by Crippen LogP contribution is 2.34. The summed E-state index contributed by atoms with van der Waals surface area (Å²) in [5, 5.41) is 4.40. The quantitative estimate of drug-likeness (QED) is 0.485. The van der Waals surface area contributed by atoms with E-state index in [1.807, 2.05) is 30.3 Å². The molecule has 8 heteroatoms. The molecule has 0 bridgehead atoms. The van der Waals surface area contributed by atoms with E-state index in [0.29, 0.717) is 23.4 Å². The molecule has 162 valence electrons. The molecule has 5 rings (SSSR count). The molecule has 0 saturated carbocycles. The summed E-state index contributed by atoms with van der Waals surface area (Å²) in [6, 6.07) is 15.8. The lowest BCUT2D eigenvalue weighted by Gasteiger charge is -2.16. The van der Waals surface area contributed by atoms with Gasteiger partial charge in [-0.25, -0.2) is 9.97 Å². The maximum absolute atomic E-state index is 11.8. The Morgan fingerprint density at radius 1 is 1.16 bits per heavy atom. The van der Waals surface area contributed by atoms with Crippen molar-refractivity contribution in [1.29, 1.82) is 0 Å². The molecule has 0 aliphatic carbocycles. The summed E-state index contributed by atoms with van der Waals surface area (Å²) in [5.41, 5.74) is 9.99. The van der Waals surface area contributed by atoms with Crippen LogP contribution in [0.5, 0.6) is 0 Å². The van der Waals surface area contributed by atoms with Crippen LogP contribution in [0.15, 0.2) is 48.5 Å². The van der Waals surface area contributed by atoms with Gasteiger partial charge in [-0.1, -0.05) is 42.5 Å². The third-order valence-corrected chi connectivity index (χ3v) is 6.62. The Bertz CT molecular complexity index is 1290. The Balaban J connectivity index is 1.61. The summed E-state index contributed by atoms with van der Waals surface area (Å²) >= 11 is 1.30. The van der Waals surface area contributed by atoms with Crippen LogP contribution in [0.4, 0.5) is 5.82 Å². The molecule has 2 aromatic heterocycles. The number of benzene rings is 2. The maximum Gasteiger partial charge on any atom is 0.250 e. The fourth-order valence-electron chi connectivity index (χ4n) is 4.14. The van der Waals surface area contributed by atoms with Crippen molar-refractivity contribution in [2.45, 2.75) is 25.9 Å². The highest BCUT2D eigenvalue weighted by atomic mass is 32.1. The van der Waals surface area contributed by atoms with Crippen LogP contribution in [-0.4, -0.2) is 38.7 Å². The molecule has 2 aromatic carbocycles. The van der Waals surface area contributed by atoms with Gasteiger partial charge in [0.25, 0.3) is 5.91 Å². The third kappa shape index (κ3) is 3.94. The van der Waals surface area contributed by atoms with E-state index in [0.717, 1.165) is 47.7 Å². The SMILES string of the molecule is CN1CCCc2c(nc(-c3snc4c(C(N)=O)cccc34)nc2NCc2ccccc2)C1. The Kier molecular flexibility index (Phi) is 5.55. The average Bonchev–Trinajstić information content (AvgIpc) is 3.14. The number of carbonyl (C=O) groups excluding carboxylic acids is 1. The summed E-state index contributed by atoms with van der Waals surface area (Å²) in [7, 11) is 2.12. The Morgan fingerprint density at radius 3 is 2.81 bits per heavy atom. The number of fused-ring (bicyclic) bond motifs is 2. The van der Waals surface area contributed by atoms with Gasteiger partial charge >= 0.3 is 0 Å². The second kappa shape index (κ2) is 8.64. The third-order valence-electron chi connectivity index (χ3n) is 5.76. The van der Waals surface area contributed by atoms with Gasteiger partial charge in [-0.05, 0) is 49.6 Å². The highest BCUT2D eigenvalue weighted by molar-refractivity contribution is 7.11. The first-order chi connectivity index (χ1) is 15.6. The normalized spacial score (nSPS) is 14.2. The van der Waals surface area contributed by atoms with Gasteiger partial charge in [0.1, 0.15) is 10.7 Å². The van der Waals surface area contributed by atoms with Crippen LogP contribution >= 0.6 is 11.5 Å². The van der Waals surface area contributed by atoms with Gasteiger partial charge < -0.3 is 16.0 Å². The summed E-state index contributed by atoms with van der Waals surface area (Å²) < 4.78 is 4.52. The van der Waals surface area contributed by atoms with Crippen molar-refractivity contribution in [3.05, 3.63) is 70.9 Å². The lowest BCUT2D eigenvalue weighted by Crippen LogP contribution is -2.18. The van der Waals surface area contributed by atoms with E-state index in [2.05, 4.69) is 33.8 Å². The minimum absolute atomic E-state index is 0.418. The first kappa shape index (κ1) is 20.5. The molecule has 0 radical (unpaired) electrons. The zero-order valence-electron chi connectivity index (χ0n) is 17.8. The molecular weight excluding hydrogens is 420 g/mol. The Morgan fingerprint density at radius 2 is 2.00 bits per heavy atom. The lowest BCUT2D eigenvalue weighted by molar-refractivity contribution is 0.100. The molecule has 0 saturated heterocycles. The van der Waals surface area contributed by atoms with Crippen molar-refractivity contribution in [2.24, 2.45) is 5.73 Å². The topological polar surface area (TPSA) is 97.0 Å². The summed E-state index contributed by atoms with van der Waals surface area (Å²) in [4.78, 5) is 24.9. The van der Waals surface area contributed by atoms with Crippen molar-refractivity contribution in [1.82, 2.24) is 19.2 Å². The van der Waals surface area contributed by atoms with Gasteiger partial charge in [-0.2, -0.15) is 4.37 Å². The second-order valence-electron chi connectivity index (χ2n) is 8.08. The van der Waals surface area contributed by atoms with Crippen LogP contribution in [0.1, 0.15) is 33.6 Å². The number of carbonyl (C=O) groups is 1. The van der Waals surface area contributed by atoms with Crippen LogP contribution in [-0.2, 0) is 19.5 Å². The molecule has 1 amide bonds. The van der Waals surface area contributed by atoms with Gasteiger partial charge in [0, 0.05) is 24.0 Å². The fraction of sp³-hybridized carbons (Fsp3) is 0.250. The fourth-order valence-corrected chi connectivity index (χ4v) is 4.95. The van der Waals surface area contributed by atoms with E-state index in [4.69, 9.17) is 15.7 Å².